The van der Waals surface area contributed by atoms with Crippen molar-refractivity contribution in [3.8, 4) is 0 Å². The van der Waals surface area contributed by atoms with E-state index in [2.05, 4.69) is 10.5 Å². The van der Waals surface area contributed by atoms with Crippen LogP contribution in [0.2, 0.25) is 0 Å². The van der Waals surface area contributed by atoms with Crippen molar-refractivity contribution in [2.75, 3.05) is 5.32 Å². The number of aryl methyl sites for hydroxylation is 3. The molecule has 0 saturated heterocycles. The number of nitrogens with zero attached hydrogens (tertiary/aromatic N) is 1. The van der Waals surface area contributed by atoms with Gasteiger partial charge in [0.2, 0.25) is 5.91 Å². The van der Waals surface area contributed by atoms with Gasteiger partial charge in [-0.1, -0.05) is 23.4 Å². The minimum atomic E-state index is -0.0568. The van der Waals surface area contributed by atoms with E-state index in [1.54, 1.807) is 0 Å². The van der Waals surface area contributed by atoms with Crippen molar-refractivity contribution >= 4 is 11.6 Å². The molecule has 0 aliphatic heterocycles. The first-order valence-electron chi connectivity index (χ1n) is 5.85. The minimum Gasteiger partial charge on any atom is -0.361 e. The Morgan fingerprint density at radius 2 is 2.00 bits per heavy atom. The van der Waals surface area contributed by atoms with E-state index in [-0.39, 0.29) is 12.3 Å². The van der Waals surface area contributed by atoms with Gasteiger partial charge in [-0.3, -0.25) is 4.79 Å². The molecule has 2 aromatic rings. The topological polar surface area (TPSA) is 55.1 Å². The molecule has 0 aliphatic rings. The largest absolute Gasteiger partial charge is 0.361 e. The standard InChI is InChI=1S/C14H16N2O2/c1-9-6-4-5-7-13(9)15-14(17)8-12-10(2)16-18-11(12)3/h4-7H,8H2,1-3H3,(H,15,17). The highest BCUT2D eigenvalue weighted by molar-refractivity contribution is 5.93. The van der Waals surface area contributed by atoms with Gasteiger partial charge in [-0.15, -0.1) is 0 Å². The molecule has 1 amide bonds. The molecule has 0 atom stereocenters. The molecular formula is C14H16N2O2. The number of hydrogen-bond acceptors (Lipinski definition) is 3. The van der Waals surface area contributed by atoms with Crippen LogP contribution in [-0.2, 0) is 11.2 Å². The Bertz CT molecular complexity index is 553. The maximum Gasteiger partial charge on any atom is 0.229 e. The zero-order valence-corrected chi connectivity index (χ0v) is 10.8. The molecule has 0 unspecified atom stereocenters. The molecule has 94 valence electrons. The molecule has 18 heavy (non-hydrogen) atoms. The monoisotopic (exact) mass is 244 g/mol. The second kappa shape index (κ2) is 5.04. The van der Waals surface area contributed by atoms with Crippen LogP contribution in [0.15, 0.2) is 28.8 Å². The van der Waals surface area contributed by atoms with Crippen molar-refractivity contribution in [1.82, 2.24) is 5.16 Å². The first-order valence-corrected chi connectivity index (χ1v) is 5.85. The number of para-hydroxylation sites is 1. The molecule has 4 heteroatoms. The van der Waals surface area contributed by atoms with Crippen molar-refractivity contribution in [3.63, 3.8) is 0 Å². The summed E-state index contributed by atoms with van der Waals surface area (Å²) in [4.78, 5) is 12.0. The van der Waals surface area contributed by atoms with E-state index >= 15 is 0 Å². The van der Waals surface area contributed by atoms with Crippen LogP contribution >= 0.6 is 0 Å². The zero-order chi connectivity index (χ0) is 13.1. The number of hydrogen-bond donors (Lipinski definition) is 1. The SMILES string of the molecule is Cc1ccccc1NC(=O)Cc1c(C)noc1C. The van der Waals surface area contributed by atoms with Crippen LogP contribution in [0.3, 0.4) is 0 Å². The van der Waals surface area contributed by atoms with Gasteiger partial charge < -0.3 is 9.84 Å². The molecule has 1 heterocycles. The molecule has 0 bridgehead atoms. The van der Waals surface area contributed by atoms with E-state index in [1.165, 1.54) is 0 Å². The zero-order valence-electron chi connectivity index (χ0n) is 10.8. The third kappa shape index (κ3) is 2.59. The Morgan fingerprint density at radius 1 is 1.28 bits per heavy atom. The van der Waals surface area contributed by atoms with Crippen molar-refractivity contribution in [2.45, 2.75) is 27.2 Å². The molecule has 4 nitrogen and oxygen atoms in total. The van der Waals surface area contributed by atoms with Gasteiger partial charge >= 0.3 is 0 Å². The number of aromatic nitrogens is 1. The summed E-state index contributed by atoms with van der Waals surface area (Å²) in [6, 6.07) is 7.70. The molecule has 2 rings (SSSR count). The molecule has 0 fully saturated rings. The Balaban J connectivity index is 2.08. The first-order chi connectivity index (χ1) is 8.58. The van der Waals surface area contributed by atoms with Crippen molar-refractivity contribution in [2.24, 2.45) is 0 Å². The summed E-state index contributed by atoms with van der Waals surface area (Å²) < 4.78 is 5.04. The van der Waals surface area contributed by atoms with Crippen molar-refractivity contribution in [3.05, 3.63) is 46.8 Å². The van der Waals surface area contributed by atoms with Crippen LogP contribution in [0.4, 0.5) is 5.69 Å². The van der Waals surface area contributed by atoms with Gasteiger partial charge in [-0.05, 0) is 32.4 Å². The van der Waals surface area contributed by atoms with Gasteiger partial charge in [0.15, 0.2) is 0 Å². The fraction of sp³-hybridized carbons (Fsp3) is 0.286. The van der Waals surface area contributed by atoms with E-state index in [1.807, 2.05) is 45.0 Å². The third-order valence-corrected chi connectivity index (χ3v) is 2.94. The number of carbonyl (C=O) groups is 1. The summed E-state index contributed by atoms with van der Waals surface area (Å²) in [7, 11) is 0. The summed E-state index contributed by atoms with van der Waals surface area (Å²) in [5, 5.41) is 6.73. The van der Waals surface area contributed by atoms with E-state index in [9.17, 15) is 4.79 Å². The fourth-order valence-electron chi connectivity index (χ4n) is 1.82. The van der Waals surface area contributed by atoms with E-state index in [4.69, 9.17) is 4.52 Å². The minimum absolute atomic E-state index is 0.0568. The van der Waals surface area contributed by atoms with Crippen LogP contribution in [0.5, 0.6) is 0 Å². The molecule has 1 aromatic carbocycles. The molecule has 1 N–H and O–H groups in total. The van der Waals surface area contributed by atoms with Crippen LogP contribution < -0.4 is 5.32 Å². The molecule has 0 aliphatic carbocycles. The number of rotatable bonds is 3. The van der Waals surface area contributed by atoms with Gasteiger partial charge in [0.05, 0.1) is 12.1 Å². The van der Waals surface area contributed by atoms with Gasteiger partial charge in [0, 0.05) is 11.3 Å². The quantitative estimate of drug-likeness (QED) is 0.903. The highest BCUT2D eigenvalue weighted by Gasteiger charge is 2.13. The summed E-state index contributed by atoms with van der Waals surface area (Å²) in [5.74, 6) is 0.645. The Kier molecular flexibility index (Phi) is 3.46. The van der Waals surface area contributed by atoms with E-state index in [0.29, 0.717) is 5.76 Å². The number of nitrogens with one attached hydrogen (secondary N) is 1. The molecule has 0 saturated carbocycles. The van der Waals surface area contributed by atoms with Crippen molar-refractivity contribution < 1.29 is 9.32 Å². The van der Waals surface area contributed by atoms with Crippen LogP contribution in [0, 0.1) is 20.8 Å². The number of amides is 1. The normalized spacial score (nSPS) is 10.4. The Hall–Kier alpha value is -2.10. The first kappa shape index (κ1) is 12.4. The van der Waals surface area contributed by atoms with Crippen molar-refractivity contribution in [1.29, 1.82) is 0 Å². The summed E-state index contributed by atoms with van der Waals surface area (Å²) >= 11 is 0. The average Bonchev–Trinajstić information content (AvgIpc) is 2.64. The number of carbonyl (C=O) groups excluding carboxylic acids is 1. The highest BCUT2D eigenvalue weighted by Crippen LogP contribution is 2.16. The highest BCUT2D eigenvalue weighted by atomic mass is 16.5. The summed E-state index contributed by atoms with van der Waals surface area (Å²) in [6.45, 7) is 5.62. The van der Waals surface area contributed by atoms with Gasteiger partial charge in [0.1, 0.15) is 5.76 Å². The van der Waals surface area contributed by atoms with Gasteiger partial charge in [-0.2, -0.15) is 0 Å². The lowest BCUT2D eigenvalue weighted by atomic mass is 10.1. The maximum absolute atomic E-state index is 12.0. The molecular weight excluding hydrogens is 228 g/mol. The predicted octanol–water partition coefficient (Wildman–Crippen LogP) is 2.78. The lowest BCUT2D eigenvalue weighted by Crippen LogP contribution is -2.15. The summed E-state index contributed by atoms with van der Waals surface area (Å²) in [6.07, 6.45) is 0.287. The molecule has 0 spiro atoms. The predicted molar refractivity (Wildman–Crippen MR) is 69.5 cm³/mol. The van der Waals surface area contributed by atoms with Crippen LogP contribution in [-0.4, -0.2) is 11.1 Å². The van der Waals surface area contributed by atoms with Crippen LogP contribution in [0.25, 0.3) is 0 Å². The van der Waals surface area contributed by atoms with E-state index in [0.717, 1.165) is 22.5 Å². The number of benzene rings is 1. The summed E-state index contributed by atoms with van der Waals surface area (Å²) in [5.41, 5.74) is 3.52. The lowest BCUT2D eigenvalue weighted by molar-refractivity contribution is -0.115. The average molecular weight is 244 g/mol. The Morgan fingerprint density at radius 3 is 2.61 bits per heavy atom. The third-order valence-electron chi connectivity index (χ3n) is 2.94. The Labute approximate surface area is 106 Å². The smallest absolute Gasteiger partial charge is 0.229 e. The molecule has 0 radical (unpaired) electrons. The van der Waals surface area contributed by atoms with Crippen LogP contribution in [0.1, 0.15) is 22.6 Å². The second-order valence-corrected chi connectivity index (χ2v) is 4.34. The number of anilines is 1. The molecule has 1 aromatic heterocycles. The lowest BCUT2D eigenvalue weighted by Gasteiger charge is -2.07. The van der Waals surface area contributed by atoms with Gasteiger partial charge in [0.25, 0.3) is 0 Å². The van der Waals surface area contributed by atoms with Gasteiger partial charge in [-0.25, -0.2) is 0 Å². The fourth-order valence-corrected chi connectivity index (χ4v) is 1.82. The maximum atomic E-state index is 12.0. The van der Waals surface area contributed by atoms with E-state index < -0.39 is 0 Å². The second-order valence-electron chi connectivity index (χ2n) is 4.34.